The van der Waals surface area contributed by atoms with E-state index in [2.05, 4.69) is 15.2 Å². The van der Waals surface area contributed by atoms with E-state index in [0.29, 0.717) is 41.8 Å². The molecule has 0 saturated carbocycles. The Morgan fingerprint density at radius 2 is 1.91 bits per heavy atom. The Labute approximate surface area is 191 Å². The van der Waals surface area contributed by atoms with Crippen molar-refractivity contribution in [3.05, 3.63) is 63.5 Å². The zero-order valence-electron chi connectivity index (χ0n) is 16.5. The number of hydrogen-bond donors (Lipinski definition) is 0. The molecule has 166 valence electrons. The lowest BCUT2D eigenvalue weighted by molar-refractivity contribution is -0.137. The van der Waals surface area contributed by atoms with Gasteiger partial charge in [0.2, 0.25) is 0 Å². The summed E-state index contributed by atoms with van der Waals surface area (Å²) in [5.41, 5.74) is -0.579. The van der Waals surface area contributed by atoms with E-state index < -0.39 is 28.7 Å². The number of halogens is 5. The minimum Gasteiger partial charge on any atom is -0.324 e. The van der Waals surface area contributed by atoms with E-state index in [1.807, 2.05) is 4.57 Å². The van der Waals surface area contributed by atoms with Crippen LogP contribution >= 0.6 is 23.2 Å². The van der Waals surface area contributed by atoms with Gasteiger partial charge in [0.1, 0.15) is 5.69 Å². The van der Waals surface area contributed by atoms with Gasteiger partial charge in [-0.3, -0.25) is 9.78 Å². The molecule has 2 bridgehead atoms. The molecule has 2 aromatic heterocycles. The minimum atomic E-state index is -4.65. The minimum absolute atomic E-state index is 0.161. The van der Waals surface area contributed by atoms with E-state index in [0.717, 1.165) is 12.5 Å². The fourth-order valence-electron chi connectivity index (χ4n) is 4.52. The Kier molecular flexibility index (Phi) is 5.13. The Hall–Kier alpha value is -2.65. The molecule has 3 aromatic rings. The molecule has 6 nitrogen and oxygen atoms in total. The maximum atomic E-state index is 13.4. The number of aromatic nitrogens is 4. The third-order valence-corrected chi connectivity index (χ3v) is 6.57. The van der Waals surface area contributed by atoms with Gasteiger partial charge in [-0.2, -0.15) is 13.2 Å². The standard InChI is InChI=1S/C21H16Cl2F3N5O/c22-11-7-8-15(27-9-11)18-28-29-19-16-6-1-3-12(10-30(18)19)31(16)20(32)13-4-2-5-14(17(13)23)21(24,25)26/h2,4-5,7-9,12,16H,1,3,6,10H2/t12-,16?/m1/s1. The molecule has 5 rings (SSSR count). The monoisotopic (exact) mass is 481 g/mol. The van der Waals surface area contributed by atoms with Crippen LogP contribution in [-0.4, -0.2) is 36.6 Å². The van der Waals surface area contributed by atoms with Gasteiger partial charge in [-0.1, -0.05) is 29.3 Å². The fourth-order valence-corrected chi connectivity index (χ4v) is 4.95. The molecule has 1 saturated heterocycles. The van der Waals surface area contributed by atoms with Crippen LogP contribution in [0.25, 0.3) is 11.5 Å². The Morgan fingerprint density at radius 3 is 2.62 bits per heavy atom. The third-order valence-electron chi connectivity index (χ3n) is 5.94. The molecule has 0 spiro atoms. The number of fused-ring (bicyclic) bond motifs is 4. The number of amides is 1. The van der Waals surface area contributed by atoms with Crippen molar-refractivity contribution in [1.82, 2.24) is 24.6 Å². The number of pyridine rings is 1. The van der Waals surface area contributed by atoms with Crippen LogP contribution in [0.2, 0.25) is 10.0 Å². The van der Waals surface area contributed by atoms with E-state index in [1.54, 1.807) is 17.0 Å². The second kappa shape index (κ2) is 7.74. The lowest BCUT2D eigenvalue weighted by Crippen LogP contribution is -2.52. The number of piperidine rings is 1. The van der Waals surface area contributed by atoms with Crippen LogP contribution in [0.4, 0.5) is 13.2 Å². The van der Waals surface area contributed by atoms with Gasteiger partial charge in [0, 0.05) is 12.7 Å². The van der Waals surface area contributed by atoms with Crippen molar-refractivity contribution in [1.29, 1.82) is 0 Å². The van der Waals surface area contributed by atoms with E-state index in [-0.39, 0.29) is 11.6 Å². The maximum Gasteiger partial charge on any atom is 0.417 e. The van der Waals surface area contributed by atoms with Crippen LogP contribution in [0.5, 0.6) is 0 Å². The van der Waals surface area contributed by atoms with Gasteiger partial charge in [0.25, 0.3) is 5.91 Å². The van der Waals surface area contributed by atoms with Gasteiger partial charge in [0.05, 0.1) is 33.3 Å². The molecular formula is C21H16Cl2F3N5O. The first-order valence-electron chi connectivity index (χ1n) is 9.99. The molecule has 2 aliphatic rings. The Morgan fingerprint density at radius 1 is 1.09 bits per heavy atom. The Balaban J connectivity index is 1.54. The third kappa shape index (κ3) is 3.44. The van der Waals surface area contributed by atoms with Crippen molar-refractivity contribution >= 4 is 29.1 Å². The number of hydrogen-bond acceptors (Lipinski definition) is 4. The van der Waals surface area contributed by atoms with Crippen molar-refractivity contribution in [2.75, 3.05) is 0 Å². The van der Waals surface area contributed by atoms with Crippen LogP contribution < -0.4 is 0 Å². The first-order valence-corrected chi connectivity index (χ1v) is 10.7. The first kappa shape index (κ1) is 21.2. The molecule has 1 fully saturated rings. The van der Waals surface area contributed by atoms with Gasteiger partial charge in [-0.15, -0.1) is 10.2 Å². The molecule has 4 heterocycles. The number of benzene rings is 1. The lowest BCUT2D eigenvalue weighted by Gasteiger charge is -2.45. The highest BCUT2D eigenvalue weighted by Gasteiger charge is 2.44. The summed E-state index contributed by atoms with van der Waals surface area (Å²) >= 11 is 12.0. The van der Waals surface area contributed by atoms with Crippen LogP contribution in [-0.2, 0) is 12.7 Å². The van der Waals surface area contributed by atoms with Crippen LogP contribution in [0.15, 0.2) is 36.5 Å². The predicted molar refractivity (Wildman–Crippen MR) is 111 cm³/mol. The molecule has 1 unspecified atom stereocenters. The highest BCUT2D eigenvalue weighted by molar-refractivity contribution is 6.34. The Bertz CT molecular complexity index is 1200. The van der Waals surface area contributed by atoms with Gasteiger partial charge in [0.15, 0.2) is 11.6 Å². The smallest absolute Gasteiger partial charge is 0.324 e. The van der Waals surface area contributed by atoms with Crippen molar-refractivity contribution in [3.8, 4) is 11.5 Å². The first-order chi connectivity index (χ1) is 15.3. The molecule has 2 aliphatic heterocycles. The lowest BCUT2D eigenvalue weighted by atomic mass is 9.90. The average molecular weight is 482 g/mol. The maximum absolute atomic E-state index is 13.4. The second-order valence-corrected chi connectivity index (χ2v) is 8.65. The van der Waals surface area contributed by atoms with E-state index in [4.69, 9.17) is 23.2 Å². The predicted octanol–water partition coefficient (Wildman–Crippen LogP) is 5.42. The van der Waals surface area contributed by atoms with Crippen molar-refractivity contribution in [2.45, 2.75) is 44.1 Å². The summed E-state index contributed by atoms with van der Waals surface area (Å²) in [6.07, 6.45) is -0.912. The summed E-state index contributed by atoms with van der Waals surface area (Å²) < 4.78 is 41.9. The average Bonchev–Trinajstić information content (AvgIpc) is 3.16. The van der Waals surface area contributed by atoms with Crippen LogP contribution in [0.3, 0.4) is 0 Å². The zero-order chi connectivity index (χ0) is 22.6. The van der Waals surface area contributed by atoms with Crippen molar-refractivity contribution < 1.29 is 18.0 Å². The number of rotatable bonds is 2. The molecular weight excluding hydrogens is 466 g/mol. The van der Waals surface area contributed by atoms with Crippen LogP contribution in [0.1, 0.15) is 47.1 Å². The topological polar surface area (TPSA) is 63.9 Å². The number of carbonyl (C=O) groups is 1. The molecule has 11 heteroatoms. The quantitative estimate of drug-likeness (QED) is 0.490. The van der Waals surface area contributed by atoms with Gasteiger partial charge in [-0.25, -0.2) is 0 Å². The summed E-state index contributed by atoms with van der Waals surface area (Å²) in [7, 11) is 0. The van der Waals surface area contributed by atoms with Crippen molar-refractivity contribution in [3.63, 3.8) is 0 Å². The molecule has 32 heavy (non-hydrogen) atoms. The highest BCUT2D eigenvalue weighted by atomic mass is 35.5. The molecule has 0 aliphatic carbocycles. The van der Waals surface area contributed by atoms with Crippen molar-refractivity contribution in [2.24, 2.45) is 0 Å². The van der Waals surface area contributed by atoms with Gasteiger partial charge in [-0.05, 0) is 43.5 Å². The SMILES string of the molecule is O=C(c1cccc(C(F)(F)F)c1Cl)N1C2CCC[C@@H]1Cn1c(-c3ccc(Cl)cn3)nnc12. The molecule has 1 aromatic carbocycles. The van der Waals surface area contributed by atoms with E-state index in [9.17, 15) is 18.0 Å². The highest BCUT2D eigenvalue weighted by Crippen LogP contribution is 2.42. The number of nitrogens with zero attached hydrogens (tertiary/aromatic N) is 5. The summed E-state index contributed by atoms with van der Waals surface area (Å²) in [5, 5.41) is 8.51. The number of carbonyl (C=O) groups excluding carboxylic acids is 1. The molecule has 2 atom stereocenters. The summed E-state index contributed by atoms with van der Waals surface area (Å²) in [6.45, 7) is 0.417. The summed E-state index contributed by atoms with van der Waals surface area (Å²) in [5.74, 6) is 0.623. The van der Waals surface area contributed by atoms with Crippen LogP contribution in [0, 0.1) is 0 Å². The normalized spacial score (nSPS) is 20.2. The molecule has 0 radical (unpaired) electrons. The van der Waals surface area contributed by atoms with Gasteiger partial charge < -0.3 is 9.47 Å². The largest absolute Gasteiger partial charge is 0.417 e. The zero-order valence-corrected chi connectivity index (χ0v) is 18.0. The number of alkyl halides is 3. The van der Waals surface area contributed by atoms with E-state index >= 15 is 0 Å². The molecule has 0 N–H and O–H groups in total. The second-order valence-electron chi connectivity index (χ2n) is 7.83. The summed E-state index contributed by atoms with van der Waals surface area (Å²) in [6, 6.07) is 6.23. The fraction of sp³-hybridized carbons (Fsp3) is 0.333. The molecule has 1 amide bonds. The van der Waals surface area contributed by atoms with E-state index in [1.165, 1.54) is 18.3 Å². The van der Waals surface area contributed by atoms with Gasteiger partial charge >= 0.3 is 6.18 Å². The summed E-state index contributed by atoms with van der Waals surface area (Å²) in [4.78, 5) is 19.4.